The highest BCUT2D eigenvalue weighted by molar-refractivity contribution is 7.89. The van der Waals surface area contributed by atoms with Crippen LogP contribution in [0.2, 0.25) is 0 Å². The molecule has 1 fully saturated rings. The molecule has 2 amide bonds. The van der Waals surface area contributed by atoms with E-state index < -0.39 is 15.9 Å². The fraction of sp³-hybridized carbons (Fsp3) is 0.429. The molecule has 1 aromatic rings. The molecule has 1 heterocycles. The molecule has 0 aliphatic carbocycles. The Morgan fingerprint density at radius 1 is 1.18 bits per heavy atom. The maximum atomic E-state index is 12.0. The average molecular weight is 325 g/mol. The minimum absolute atomic E-state index is 0.0955. The van der Waals surface area contributed by atoms with Gasteiger partial charge in [-0.15, -0.1) is 0 Å². The van der Waals surface area contributed by atoms with E-state index in [1.54, 1.807) is 24.3 Å². The topological polar surface area (TPSA) is 95.6 Å². The van der Waals surface area contributed by atoms with Gasteiger partial charge in [-0.25, -0.2) is 8.42 Å². The molecule has 0 unspecified atom stereocenters. The number of nitrogens with zero attached hydrogens (tertiary/aromatic N) is 1. The SMILES string of the molecule is CC(=O)Nc1cccc(NC(=O)CN2CCCCS2(=O)=O)c1. The molecule has 0 spiro atoms. The Kier molecular flexibility index (Phi) is 5.15. The maximum Gasteiger partial charge on any atom is 0.239 e. The first-order valence-corrected chi connectivity index (χ1v) is 8.63. The van der Waals surface area contributed by atoms with Crippen LogP contribution in [-0.2, 0) is 19.6 Å². The van der Waals surface area contributed by atoms with Gasteiger partial charge in [-0.1, -0.05) is 6.07 Å². The van der Waals surface area contributed by atoms with Gasteiger partial charge in [0.1, 0.15) is 0 Å². The Balaban J connectivity index is 1.98. The molecule has 1 aromatic carbocycles. The van der Waals surface area contributed by atoms with E-state index in [-0.39, 0.29) is 18.2 Å². The van der Waals surface area contributed by atoms with E-state index in [4.69, 9.17) is 0 Å². The van der Waals surface area contributed by atoms with E-state index in [1.807, 2.05) is 0 Å². The average Bonchev–Trinajstić information content (AvgIpc) is 2.40. The highest BCUT2D eigenvalue weighted by Crippen LogP contribution is 2.16. The second kappa shape index (κ2) is 6.89. The number of amides is 2. The van der Waals surface area contributed by atoms with E-state index in [0.717, 1.165) is 6.42 Å². The predicted octanol–water partition coefficient (Wildman–Crippen LogP) is 1.01. The van der Waals surface area contributed by atoms with Crippen LogP contribution in [0.4, 0.5) is 11.4 Å². The van der Waals surface area contributed by atoms with Gasteiger partial charge in [0.05, 0.1) is 12.3 Å². The zero-order valence-electron chi connectivity index (χ0n) is 12.3. The first kappa shape index (κ1) is 16.4. The second-order valence-corrected chi connectivity index (χ2v) is 7.26. The predicted molar refractivity (Wildman–Crippen MR) is 84.0 cm³/mol. The monoisotopic (exact) mass is 325 g/mol. The van der Waals surface area contributed by atoms with Crippen molar-refractivity contribution in [3.05, 3.63) is 24.3 Å². The molecule has 120 valence electrons. The molecule has 0 radical (unpaired) electrons. The number of hydrogen-bond acceptors (Lipinski definition) is 4. The summed E-state index contributed by atoms with van der Waals surface area (Å²) in [6.45, 7) is 1.58. The molecule has 0 aromatic heterocycles. The zero-order valence-corrected chi connectivity index (χ0v) is 13.1. The molecule has 0 saturated carbocycles. The maximum absolute atomic E-state index is 12.0. The number of benzene rings is 1. The van der Waals surface area contributed by atoms with Gasteiger partial charge in [0, 0.05) is 24.8 Å². The Bertz CT molecular complexity index is 672. The summed E-state index contributed by atoms with van der Waals surface area (Å²) in [6.07, 6.45) is 1.41. The third-order valence-corrected chi connectivity index (χ3v) is 5.14. The molecule has 1 aliphatic rings. The Labute approximate surface area is 129 Å². The minimum Gasteiger partial charge on any atom is -0.326 e. The largest absolute Gasteiger partial charge is 0.326 e. The lowest BCUT2D eigenvalue weighted by atomic mass is 10.2. The molecule has 2 rings (SSSR count). The zero-order chi connectivity index (χ0) is 16.2. The molecule has 2 N–H and O–H groups in total. The van der Waals surface area contributed by atoms with Crippen LogP contribution in [0, 0.1) is 0 Å². The fourth-order valence-electron chi connectivity index (χ4n) is 2.26. The van der Waals surface area contributed by atoms with Gasteiger partial charge in [0.2, 0.25) is 21.8 Å². The Morgan fingerprint density at radius 3 is 2.50 bits per heavy atom. The molecule has 22 heavy (non-hydrogen) atoms. The van der Waals surface area contributed by atoms with Crippen molar-refractivity contribution in [1.29, 1.82) is 0 Å². The molecule has 1 saturated heterocycles. The van der Waals surface area contributed by atoms with Crippen molar-refractivity contribution in [3.8, 4) is 0 Å². The number of carbonyl (C=O) groups excluding carboxylic acids is 2. The van der Waals surface area contributed by atoms with E-state index >= 15 is 0 Å². The summed E-state index contributed by atoms with van der Waals surface area (Å²) in [6, 6.07) is 6.68. The van der Waals surface area contributed by atoms with Crippen molar-refractivity contribution in [1.82, 2.24) is 4.31 Å². The summed E-state index contributed by atoms with van der Waals surface area (Å²) in [5.74, 6) is -0.508. The van der Waals surface area contributed by atoms with Crippen molar-refractivity contribution in [3.63, 3.8) is 0 Å². The summed E-state index contributed by atoms with van der Waals surface area (Å²) in [7, 11) is -3.32. The quantitative estimate of drug-likeness (QED) is 0.863. The summed E-state index contributed by atoms with van der Waals surface area (Å²) < 4.78 is 24.9. The Morgan fingerprint density at radius 2 is 1.86 bits per heavy atom. The van der Waals surface area contributed by atoms with Crippen molar-refractivity contribution >= 4 is 33.2 Å². The summed E-state index contributed by atoms with van der Waals surface area (Å²) in [5, 5.41) is 5.26. The highest BCUT2D eigenvalue weighted by atomic mass is 32.2. The van der Waals surface area contributed by atoms with Gasteiger partial charge >= 0.3 is 0 Å². The molecule has 0 bridgehead atoms. The standard InChI is InChI=1S/C14H19N3O4S/c1-11(18)15-12-5-4-6-13(9-12)16-14(19)10-17-7-2-3-8-22(17,20)21/h4-6,9H,2-3,7-8,10H2,1H3,(H,15,18)(H,16,19). The highest BCUT2D eigenvalue weighted by Gasteiger charge is 2.27. The number of nitrogens with one attached hydrogen (secondary N) is 2. The van der Waals surface area contributed by atoms with Crippen LogP contribution in [0.15, 0.2) is 24.3 Å². The molecule has 0 atom stereocenters. The van der Waals surface area contributed by atoms with Gasteiger partial charge < -0.3 is 10.6 Å². The van der Waals surface area contributed by atoms with Crippen LogP contribution in [-0.4, -0.2) is 43.4 Å². The van der Waals surface area contributed by atoms with Gasteiger partial charge in [0.15, 0.2) is 0 Å². The van der Waals surface area contributed by atoms with Gasteiger partial charge in [-0.3, -0.25) is 9.59 Å². The van der Waals surface area contributed by atoms with Crippen molar-refractivity contribution in [2.75, 3.05) is 29.5 Å². The smallest absolute Gasteiger partial charge is 0.239 e. The van der Waals surface area contributed by atoms with Gasteiger partial charge in [-0.05, 0) is 31.0 Å². The van der Waals surface area contributed by atoms with Gasteiger partial charge in [-0.2, -0.15) is 4.31 Å². The lowest BCUT2D eigenvalue weighted by Gasteiger charge is -2.25. The van der Waals surface area contributed by atoms with E-state index in [1.165, 1.54) is 11.2 Å². The lowest BCUT2D eigenvalue weighted by molar-refractivity contribution is -0.116. The van der Waals surface area contributed by atoms with E-state index in [9.17, 15) is 18.0 Å². The van der Waals surface area contributed by atoms with E-state index in [2.05, 4.69) is 10.6 Å². The summed E-state index contributed by atoms with van der Waals surface area (Å²) >= 11 is 0. The third-order valence-electron chi connectivity index (χ3n) is 3.24. The molecule has 8 heteroatoms. The lowest BCUT2D eigenvalue weighted by Crippen LogP contribution is -2.42. The van der Waals surface area contributed by atoms with Crippen molar-refractivity contribution < 1.29 is 18.0 Å². The Hall–Kier alpha value is -1.93. The number of sulfonamides is 1. The molecule has 1 aliphatic heterocycles. The van der Waals surface area contributed by atoms with Crippen LogP contribution in [0.3, 0.4) is 0 Å². The van der Waals surface area contributed by atoms with Crippen LogP contribution < -0.4 is 10.6 Å². The van der Waals surface area contributed by atoms with Crippen LogP contribution >= 0.6 is 0 Å². The van der Waals surface area contributed by atoms with E-state index in [0.29, 0.717) is 24.3 Å². The number of anilines is 2. The molecule has 7 nitrogen and oxygen atoms in total. The van der Waals surface area contributed by atoms with Crippen molar-refractivity contribution in [2.45, 2.75) is 19.8 Å². The molecular formula is C14H19N3O4S. The first-order valence-electron chi connectivity index (χ1n) is 7.02. The second-order valence-electron chi connectivity index (χ2n) is 5.17. The third kappa shape index (κ3) is 4.54. The summed E-state index contributed by atoms with van der Waals surface area (Å²) in [4.78, 5) is 23.0. The minimum atomic E-state index is -3.32. The number of rotatable bonds is 4. The first-order chi connectivity index (χ1) is 10.4. The number of hydrogen-bond donors (Lipinski definition) is 2. The fourth-order valence-corrected chi connectivity index (χ4v) is 3.81. The number of carbonyl (C=O) groups is 2. The van der Waals surface area contributed by atoms with Crippen LogP contribution in [0.25, 0.3) is 0 Å². The van der Waals surface area contributed by atoms with Crippen LogP contribution in [0.1, 0.15) is 19.8 Å². The molecular weight excluding hydrogens is 306 g/mol. The van der Waals surface area contributed by atoms with Gasteiger partial charge in [0.25, 0.3) is 0 Å². The summed E-state index contributed by atoms with van der Waals surface area (Å²) in [5.41, 5.74) is 1.07. The van der Waals surface area contributed by atoms with Crippen LogP contribution in [0.5, 0.6) is 0 Å². The van der Waals surface area contributed by atoms with Crippen molar-refractivity contribution in [2.24, 2.45) is 0 Å². The normalized spacial score (nSPS) is 17.7.